The molecule has 0 bridgehead atoms. The molecule has 0 spiro atoms. The Kier molecular flexibility index (Phi) is 10.3. The van der Waals surface area contributed by atoms with Gasteiger partial charge in [-0.1, -0.05) is 74.8 Å². The Balaban J connectivity index is 3.66. The number of rotatable bonds is 13. The number of hydrogen-bond acceptors (Lipinski definition) is 2. The standard InChI is InChI=1S/C20H32O2/c1-3-5-6-7-8-9-10-11-12-13-14-15-16-17-18-19-20(21)22-4-2/h5-12H,3-4,13-19H2,1-2H3/b6-5+,8-7+,10-9+,12-11+/i2D3,4D2. The van der Waals surface area contributed by atoms with E-state index in [2.05, 4.69) is 23.8 Å². The molecule has 0 aromatic heterocycles. The van der Waals surface area contributed by atoms with E-state index in [1.54, 1.807) is 0 Å². The topological polar surface area (TPSA) is 26.3 Å². The van der Waals surface area contributed by atoms with E-state index in [4.69, 9.17) is 6.85 Å². The van der Waals surface area contributed by atoms with Gasteiger partial charge in [0.05, 0.1) is 9.30 Å². The van der Waals surface area contributed by atoms with Crippen molar-refractivity contribution in [3.8, 4) is 0 Å². The highest BCUT2D eigenvalue weighted by Gasteiger charge is 2.00. The normalized spacial score (nSPS) is 16.9. The van der Waals surface area contributed by atoms with Crippen LogP contribution in [0, 0.1) is 0 Å². The third-order valence-electron chi connectivity index (χ3n) is 2.98. The lowest BCUT2D eigenvalue weighted by Gasteiger charge is -2.01. The molecule has 0 aliphatic heterocycles. The molecule has 0 fully saturated rings. The minimum atomic E-state index is -2.96. The monoisotopic (exact) mass is 309 g/mol. The van der Waals surface area contributed by atoms with Crippen molar-refractivity contribution in [2.75, 3.05) is 6.56 Å². The SMILES string of the molecule is [2H]C([2H])([2H])C([2H])([2H])OC(=O)CCCCCCC/C=C/C=C/C=C/C=C/CC. The number of hydrogen-bond donors (Lipinski definition) is 0. The van der Waals surface area contributed by atoms with E-state index in [0.29, 0.717) is 6.42 Å². The van der Waals surface area contributed by atoms with Crippen molar-refractivity contribution in [2.45, 2.75) is 65.1 Å². The maximum atomic E-state index is 11.5. The van der Waals surface area contributed by atoms with Gasteiger partial charge < -0.3 is 4.74 Å². The third kappa shape index (κ3) is 16.5. The van der Waals surface area contributed by atoms with Gasteiger partial charge >= 0.3 is 5.97 Å². The molecule has 2 heteroatoms. The zero-order valence-electron chi connectivity index (χ0n) is 18.6. The summed E-state index contributed by atoms with van der Waals surface area (Å²) in [5.74, 6) is -0.801. The summed E-state index contributed by atoms with van der Waals surface area (Å²) >= 11 is 0. The van der Waals surface area contributed by atoms with Crippen molar-refractivity contribution >= 4 is 5.97 Å². The van der Waals surface area contributed by atoms with Gasteiger partial charge in [0, 0.05) is 10.5 Å². The van der Waals surface area contributed by atoms with E-state index in [9.17, 15) is 4.79 Å². The second-order valence-corrected chi connectivity index (χ2v) is 4.92. The minimum Gasteiger partial charge on any atom is -0.466 e. The summed E-state index contributed by atoms with van der Waals surface area (Å²) in [6.45, 7) is -3.79. The molecule has 0 rings (SSSR count). The molecule has 0 aromatic rings. The van der Waals surface area contributed by atoms with Gasteiger partial charge in [0.1, 0.15) is 0 Å². The van der Waals surface area contributed by atoms with Gasteiger partial charge in [-0.25, -0.2) is 0 Å². The van der Waals surface area contributed by atoms with E-state index in [1.165, 1.54) is 0 Å². The van der Waals surface area contributed by atoms with Gasteiger partial charge in [-0.2, -0.15) is 0 Å². The van der Waals surface area contributed by atoms with Crippen LogP contribution in [0.2, 0.25) is 0 Å². The molecule has 0 aliphatic carbocycles. The van der Waals surface area contributed by atoms with Crippen molar-refractivity contribution in [1.29, 1.82) is 0 Å². The van der Waals surface area contributed by atoms with E-state index in [0.717, 1.165) is 38.5 Å². The van der Waals surface area contributed by atoms with Gasteiger partial charge in [-0.05, 0) is 32.5 Å². The summed E-state index contributed by atoms with van der Waals surface area (Å²) in [4.78, 5) is 11.5. The van der Waals surface area contributed by atoms with Gasteiger partial charge in [-0.3, -0.25) is 4.79 Å². The number of allylic oxidation sites excluding steroid dienone is 8. The molecule has 0 saturated carbocycles. The number of unbranched alkanes of at least 4 members (excludes halogenated alkanes) is 5. The molecular formula is C20H32O2. The van der Waals surface area contributed by atoms with Crippen LogP contribution in [0.3, 0.4) is 0 Å². The molecule has 0 aliphatic rings. The van der Waals surface area contributed by atoms with Crippen molar-refractivity contribution in [1.82, 2.24) is 0 Å². The summed E-state index contributed by atoms with van der Waals surface area (Å²) < 4.78 is 39.9. The highest BCUT2D eigenvalue weighted by atomic mass is 16.5. The molecule has 0 aromatic carbocycles. The van der Waals surface area contributed by atoms with Crippen LogP contribution < -0.4 is 0 Å². The van der Waals surface area contributed by atoms with Crippen LogP contribution in [-0.4, -0.2) is 12.5 Å². The van der Waals surface area contributed by atoms with Crippen LogP contribution in [0.15, 0.2) is 48.6 Å². The summed E-state index contributed by atoms with van der Waals surface area (Å²) in [6, 6.07) is 0. The molecule has 124 valence electrons. The van der Waals surface area contributed by atoms with Gasteiger partial charge in [0.2, 0.25) is 0 Å². The van der Waals surface area contributed by atoms with Gasteiger partial charge in [0.15, 0.2) is 0 Å². The van der Waals surface area contributed by atoms with Crippen LogP contribution in [0.4, 0.5) is 0 Å². The lowest BCUT2D eigenvalue weighted by atomic mass is 10.1. The number of carbonyl (C=O) groups excluding carboxylic acids is 1. The van der Waals surface area contributed by atoms with E-state index in [-0.39, 0.29) is 6.42 Å². The zero-order valence-corrected chi connectivity index (χ0v) is 13.6. The first-order valence-corrected chi connectivity index (χ1v) is 8.07. The average Bonchev–Trinajstić information content (AvgIpc) is 2.57. The maximum absolute atomic E-state index is 11.5. The number of esters is 1. The quantitative estimate of drug-likeness (QED) is 0.240. The molecule has 0 radical (unpaired) electrons. The van der Waals surface area contributed by atoms with Crippen LogP contribution in [0.25, 0.3) is 0 Å². The van der Waals surface area contributed by atoms with Crippen molar-refractivity contribution in [3.63, 3.8) is 0 Å². The van der Waals surface area contributed by atoms with Gasteiger partial charge in [0.25, 0.3) is 0 Å². The Morgan fingerprint density at radius 1 is 0.955 bits per heavy atom. The fourth-order valence-corrected chi connectivity index (χ4v) is 1.82. The van der Waals surface area contributed by atoms with Crippen LogP contribution in [0.5, 0.6) is 0 Å². The highest BCUT2D eigenvalue weighted by molar-refractivity contribution is 5.69. The summed E-state index contributed by atoms with van der Waals surface area (Å²) in [5.41, 5.74) is 0. The summed E-state index contributed by atoms with van der Waals surface area (Å²) in [6.07, 6.45) is 22.9. The minimum absolute atomic E-state index is 0.0429. The molecule has 2 nitrogen and oxygen atoms in total. The first-order valence-electron chi connectivity index (χ1n) is 10.6. The Labute approximate surface area is 143 Å². The van der Waals surface area contributed by atoms with E-state index >= 15 is 0 Å². The summed E-state index contributed by atoms with van der Waals surface area (Å²) in [7, 11) is 0. The Hall–Kier alpha value is -1.57. The van der Waals surface area contributed by atoms with E-state index in [1.807, 2.05) is 36.5 Å². The molecule has 0 N–H and O–H groups in total. The Morgan fingerprint density at radius 3 is 2.32 bits per heavy atom. The molecule has 0 atom stereocenters. The van der Waals surface area contributed by atoms with Gasteiger partial charge in [-0.15, -0.1) is 0 Å². The Bertz CT molecular complexity index is 517. The fraction of sp³-hybridized carbons (Fsp3) is 0.550. The lowest BCUT2D eigenvalue weighted by Crippen LogP contribution is -2.03. The van der Waals surface area contributed by atoms with Crippen LogP contribution >= 0.6 is 0 Å². The third-order valence-corrected chi connectivity index (χ3v) is 2.98. The first kappa shape index (κ1) is 12.9. The maximum Gasteiger partial charge on any atom is 0.305 e. The largest absolute Gasteiger partial charge is 0.466 e. The first-order chi connectivity index (χ1) is 12.7. The molecule has 0 saturated heterocycles. The molecule has 0 unspecified atom stereocenters. The molecule has 0 amide bonds. The average molecular weight is 310 g/mol. The molecular weight excluding hydrogens is 272 g/mol. The number of carbonyl (C=O) groups is 1. The molecule has 0 heterocycles. The molecule has 22 heavy (non-hydrogen) atoms. The summed E-state index contributed by atoms with van der Waals surface area (Å²) in [5, 5.41) is 0. The zero-order chi connectivity index (χ0) is 20.6. The fourth-order valence-electron chi connectivity index (χ4n) is 1.82. The Morgan fingerprint density at radius 2 is 1.59 bits per heavy atom. The van der Waals surface area contributed by atoms with Crippen molar-refractivity contribution in [3.05, 3.63) is 48.6 Å². The number of ether oxygens (including phenoxy) is 1. The van der Waals surface area contributed by atoms with Crippen molar-refractivity contribution < 1.29 is 16.4 Å². The lowest BCUT2D eigenvalue weighted by molar-refractivity contribution is -0.143. The predicted octanol–water partition coefficient (Wildman–Crippen LogP) is 5.92. The smallest absolute Gasteiger partial charge is 0.305 e. The van der Waals surface area contributed by atoms with Crippen LogP contribution in [-0.2, 0) is 9.53 Å². The predicted molar refractivity (Wildman–Crippen MR) is 95.8 cm³/mol. The van der Waals surface area contributed by atoms with Crippen molar-refractivity contribution in [2.24, 2.45) is 0 Å². The van der Waals surface area contributed by atoms with Crippen LogP contribution in [0.1, 0.15) is 72.0 Å². The second-order valence-electron chi connectivity index (χ2n) is 4.92. The highest BCUT2D eigenvalue weighted by Crippen LogP contribution is 2.08. The van der Waals surface area contributed by atoms with E-state index < -0.39 is 19.4 Å². The second kappa shape index (κ2) is 17.5.